The number of hydrogen-bond acceptors (Lipinski definition) is 5. The van der Waals surface area contributed by atoms with Gasteiger partial charge in [-0.25, -0.2) is 18.2 Å². The van der Waals surface area contributed by atoms with Gasteiger partial charge in [-0.3, -0.25) is 5.43 Å². The number of nitrogens with one attached hydrogen (secondary N) is 3. The molecule has 1 aromatic rings. The highest BCUT2D eigenvalue weighted by Crippen LogP contribution is 2.42. The Morgan fingerprint density at radius 1 is 1.08 bits per heavy atom. The highest BCUT2D eigenvalue weighted by Gasteiger charge is 2.68. The molecule has 15 heteroatoms. The summed E-state index contributed by atoms with van der Waals surface area (Å²) in [6, 6.07) is -2.04. The van der Waals surface area contributed by atoms with E-state index in [-0.39, 0.29) is 16.8 Å². The lowest BCUT2D eigenvalue weighted by Crippen LogP contribution is -2.67. The Hall–Kier alpha value is -1.61. The van der Waals surface area contributed by atoms with Crippen molar-refractivity contribution < 1.29 is 39.6 Å². The number of rotatable bonds is 4. The first-order valence-corrected chi connectivity index (χ1v) is 8.48. The molecular weight excluding hydrogens is 402 g/mol. The van der Waals surface area contributed by atoms with Gasteiger partial charge in [-0.15, -0.1) is 16.2 Å². The summed E-state index contributed by atoms with van der Waals surface area (Å²) in [6.45, 7) is 2.51. The molecule has 0 aliphatic carbocycles. The first-order chi connectivity index (χ1) is 11.0. The van der Waals surface area contributed by atoms with Crippen LogP contribution >= 0.6 is 11.3 Å². The molecule has 0 aliphatic rings. The van der Waals surface area contributed by atoms with E-state index in [0.29, 0.717) is 21.7 Å². The van der Waals surface area contributed by atoms with Crippen LogP contribution in [0.1, 0.15) is 17.6 Å². The van der Waals surface area contributed by atoms with E-state index in [4.69, 9.17) is 0 Å². The fraction of sp³-hybridized carbons (Fsp3) is 0.600. The summed E-state index contributed by atoms with van der Waals surface area (Å²) in [5.74, 6) is 0. The van der Waals surface area contributed by atoms with E-state index >= 15 is 0 Å². The van der Waals surface area contributed by atoms with Gasteiger partial charge >= 0.3 is 18.4 Å². The van der Waals surface area contributed by atoms with E-state index in [1.165, 1.54) is 24.1 Å². The number of carbonyl (C=O) groups excluding carboxylic acids is 1. The molecule has 7 nitrogen and oxygen atoms in total. The third-order valence-electron chi connectivity index (χ3n) is 2.90. The summed E-state index contributed by atoms with van der Waals surface area (Å²) >= 11 is 0.701. The monoisotopic (exact) mass is 414 g/mol. The van der Waals surface area contributed by atoms with Crippen molar-refractivity contribution in [1.82, 2.24) is 20.6 Å². The summed E-state index contributed by atoms with van der Waals surface area (Å²) < 4.78 is 99.3. The first-order valence-electron chi connectivity index (χ1n) is 6.19. The van der Waals surface area contributed by atoms with Crippen molar-refractivity contribution in [2.45, 2.75) is 42.9 Å². The third-order valence-corrected chi connectivity index (χ3v) is 5.83. The Kier molecular flexibility index (Phi) is 5.66. The fourth-order valence-corrected chi connectivity index (χ4v) is 3.81. The minimum Gasteiger partial charge on any atom is -0.315 e. The molecule has 2 amide bonds. The smallest absolute Gasteiger partial charge is 0.315 e. The number of halogens is 6. The second-order valence-corrected chi connectivity index (χ2v) is 7.99. The van der Waals surface area contributed by atoms with E-state index < -0.39 is 33.9 Å². The summed E-state index contributed by atoms with van der Waals surface area (Å²) in [7, 11) is -4.42. The van der Waals surface area contributed by atoms with Crippen molar-refractivity contribution in [3.63, 3.8) is 0 Å². The Morgan fingerprint density at radius 3 is 1.92 bits per heavy atom. The van der Waals surface area contributed by atoms with Crippen LogP contribution in [0, 0.1) is 13.8 Å². The van der Waals surface area contributed by atoms with Gasteiger partial charge in [-0.2, -0.15) is 26.3 Å². The van der Waals surface area contributed by atoms with Gasteiger partial charge in [0.2, 0.25) is 5.54 Å². The zero-order valence-electron chi connectivity index (χ0n) is 12.8. The highest BCUT2D eigenvalue weighted by atomic mass is 32.2. The maximum atomic E-state index is 12.6. The molecule has 0 aliphatic heterocycles. The number of aryl methyl sites for hydroxylation is 2. The zero-order valence-corrected chi connectivity index (χ0v) is 14.4. The molecule has 0 saturated heterocycles. The number of thiazole rings is 1. The minimum absolute atomic E-state index is 0.0487. The van der Waals surface area contributed by atoms with E-state index in [0.717, 1.165) is 0 Å². The largest absolute Gasteiger partial charge is 0.420 e. The average Bonchev–Trinajstić information content (AvgIpc) is 2.74. The molecule has 1 aromatic heterocycles. The maximum absolute atomic E-state index is 12.6. The van der Waals surface area contributed by atoms with Gasteiger partial charge in [-0.05, 0) is 20.8 Å². The number of hydrazine groups is 1. The van der Waals surface area contributed by atoms with E-state index in [1.54, 1.807) is 0 Å². The molecule has 0 spiro atoms. The van der Waals surface area contributed by atoms with Gasteiger partial charge in [0.1, 0.15) is 0 Å². The number of amides is 2. The van der Waals surface area contributed by atoms with Crippen molar-refractivity contribution in [2.75, 3.05) is 0 Å². The Labute approximate surface area is 141 Å². The summed E-state index contributed by atoms with van der Waals surface area (Å²) in [5, 5.41) is 1.03. The summed E-state index contributed by atoms with van der Waals surface area (Å²) in [4.78, 5) is 16.6. The number of carbonyl (C=O) groups is 1. The maximum Gasteiger partial charge on any atom is 0.420 e. The SMILES string of the molecule is Cc1nc(C)c(S(=O)(=O)NNC(=O)NC(C)(C(F)(F)F)C(F)(F)F)s1. The molecule has 25 heavy (non-hydrogen) atoms. The molecule has 0 radical (unpaired) electrons. The zero-order chi connectivity index (χ0) is 19.8. The molecule has 0 atom stereocenters. The summed E-state index contributed by atoms with van der Waals surface area (Å²) in [5.41, 5.74) is -3.28. The van der Waals surface area contributed by atoms with Crippen molar-refractivity contribution in [3.8, 4) is 0 Å². The number of sulfonamides is 1. The second-order valence-electron chi connectivity index (χ2n) is 4.91. The van der Waals surface area contributed by atoms with E-state index in [2.05, 4.69) is 4.98 Å². The van der Waals surface area contributed by atoms with Crippen LogP contribution in [0.4, 0.5) is 31.1 Å². The number of urea groups is 1. The van der Waals surface area contributed by atoms with Crippen molar-refractivity contribution in [1.29, 1.82) is 0 Å². The number of alkyl halides is 6. The molecule has 0 saturated carbocycles. The Morgan fingerprint density at radius 2 is 1.56 bits per heavy atom. The second kappa shape index (κ2) is 6.60. The lowest BCUT2D eigenvalue weighted by atomic mass is 10.0. The number of nitrogens with zero attached hydrogens (tertiary/aromatic N) is 1. The first kappa shape index (κ1) is 21.4. The molecule has 1 rings (SSSR count). The molecular formula is C10H12F6N4O3S2. The van der Waals surface area contributed by atoms with E-state index in [9.17, 15) is 39.6 Å². The average molecular weight is 414 g/mol. The molecule has 144 valence electrons. The van der Waals surface area contributed by atoms with Gasteiger partial charge in [-0.1, -0.05) is 0 Å². The topological polar surface area (TPSA) is 100 Å². The van der Waals surface area contributed by atoms with Crippen LogP contribution in [-0.2, 0) is 10.0 Å². The lowest BCUT2D eigenvalue weighted by molar-refractivity contribution is -0.297. The predicted octanol–water partition coefficient (Wildman–Crippen LogP) is 2.14. The predicted molar refractivity (Wildman–Crippen MR) is 74.1 cm³/mol. The summed E-state index contributed by atoms with van der Waals surface area (Å²) in [6.07, 6.45) is -11.7. The Balaban J connectivity index is 2.91. The quantitative estimate of drug-likeness (QED) is 0.519. The minimum atomic E-state index is -5.87. The standard InChI is InChI=1S/C10H12F6N4O3S2/c1-4-6(24-5(2)17-4)25(22,23)20-19-7(21)18-8(3,9(11,12)13)10(14,15)16/h20H,1-3H3,(H2,18,19,21). The van der Waals surface area contributed by atoms with Gasteiger partial charge in [0.05, 0.1) is 10.7 Å². The lowest BCUT2D eigenvalue weighted by Gasteiger charge is -2.34. The van der Waals surface area contributed by atoms with Crippen LogP contribution in [0.5, 0.6) is 0 Å². The number of aromatic nitrogens is 1. The van der Waals surface area contributed by atoms with Crippen LogP contribution < -0.4 is 15.6 Å². The van der Waals surface area contributed by atoms with Crippen LogP contribution in [-0.4, -0.2) is 37.3 Å². The van der Waals surface area contributed by atoms with E-state index in [1.807, 2.05) is 0 Å². The molecule has 0 bridgehead atoms. The van der Waals surface area contributed by atoms with Gasteiger partial charge < -0.3 is 5.32 Å². The molecule has 0 unspecified atom stereocenters. The number of hydrogen-bond donors (Lipinski definition) is 3. The molecule has 1 heterocycles. The third kappa shape index (κ3) is 4.52. The molecule has 0 aromatic carbocycles. The molecule has 3 N–H and O–H groups in total. The van der Waals surface area contributed by atoms with Gasteiger partial charge in [0, 0.05) is 0 Å². The Bertz CT molecular complexity index is 742. The van der Waals surface area contributed by atoms with Crippen molar-refractivity contribution in [2.24, 2.45) is 0 Å². The van der Waals surface area contributed by atoms with Crippen LogP contribution in [0.2, 0.25) is 0 Å². The van der Waals surface area contributed by atoms with Crippen molar-refractivity contribution >= 4 is 27.4 Å². The fourth-order valence-electron chi connectivity index (χ4n) is 1.48. The van der Waals surface area contributed by atoms with Crippen LogP contribution in [0.15, 0.2) is 4.21 Å². The normalized spacial score (nSPS) is 13.6. The molecule has 0 fully saturated rings. The van der Waals surface area contributed by atoms with Gasteiger partial charge in [0.25, 0.3) is 10.0 Å². The van der Waals surface area contributed by atoms with Crippen molar-refractivity contribution in [3.05, 3.63) is 10.7 Å². The van der Waals surface area contributed by atoms with Crippen LogP contribution in [0.25, 0.3) is 0 Å². The van der Waals surface area contributed by atoms with Gasteiger partial charge in [0.15, 0.2) is 4.21 Å². The van der Waals surface area contributed by atoms with Crippen LogP contribution in [0.3, 0.4) is 0 Å². The highest BCUT2D eigenvalue weighted by molar-refractivity contribution is 7.91.